The third-order valence-corrected chi connectivity index (χ3v) is 6.95. The summed E-state index contributed by atoms with van der Waals surface area (Å²) in [4.78, 5) is 27.0. The van der Waals surface area contributed by atoms with Crippen molar-refractivity contribution < 1.29 is 9.59 Å². The number of hydrogen-bond donors (Lipinski definition) is 0. The molecule has 0 radical (unpaired) electrons. The van der Waals surface area contributed by atoms with Gasteiger partial charge in [0, 0.05) is 0 Å². The summed E-state index contributed by atoms with van der Waals surface area (Å²) in [6, 6.07) is 0. The molecule has 1 aliphatic carbocycles. The average Bonchev–Trinajstić information content (AvgIpc) is 2.99. The zero-order valence-electron chi connectivity index (χ0n) is 17.2. The monoisotopic (exact) mass is 343 g/mol. The quantitative estimate of drug-likeness (QED) is 0.434. The molecule has 4 heteroatoms. The number of carbonyl (C=O) groups excluding carboxylic acids is 2. The van der Waals surface area contributed by atoms with E-state index in [1.807, 2.05) is 6.92 Å². The molecule has 4 unspecified atom stereocenters. The van der Waals surface area contributed by atoms with Gasteiger partial charge in [-0.05, 0) is 41.9 Å². The zero-order valence-corrected chi connectivity index (χ0v) is 17.2. The van der Waals surface area contributed by atoms with Crippen molar-refractivity contribution in [2.24, 2.45) is 40.4 Å². The Hall–Kier alpha value is -1.32. The molecule has 2 aliphatic rings. The maximum atomic E-state index is 12.9. The zero-order chi connectivity index (χ0) is 19.2. The van der Waals surface area contributed by atoms with E-state index in [0.717, 1.165) is 6.42 Å². The molecule has 0 spiro atoms. The van der Waals surface area contributed by atoms with Crippen molar-refractivity contribution in [3.63, 3.8) is 0 Å². The molecule has 2 rings (SSSR count). The van der Waals surface area contributed by atoms with E-state index < -0.39 is 0 Å². The summed E-state index contributed by atoms with van der Waals surface area (Å²) in [7, 11) is 1.65. The fourth-order valence-corrected chi connectivity index (χ4v) is 4.74. The highest BCUT2D eigenvalue weighted by molar-refractivity contribution is 6.28. The lowest BCUT2D eigenvalue weighted by Crippen LogP contribution is -2.42. The van der Waals surface area contributed by atoms with Crippen molar-refractivity contribution in [2.45, 2.75) is 54.9 Å². The Morgan fingerprint density at radius 2 is 1.68 bits per heavy atom. The highest BCUT2D eigenvalue weighted by Crippen LogP contribution is 2.59. The second kappa shape index (κ2) is 6.77. The molecule has 25 heavy (non-hydrogen) atoms. The van der Waals surface area contributed by atoms with Crippen molar-refractivity contribution in [2.75, 3.05) is 0 Å². The van der Waals surface area contributed by atoms with Gasteiger partial charge in [0.1, 0.15) is 0 Å². The van der Waals surface area contributed by atoms with Gasteiger partial charge in [-0.15, -0.1) is 0 Å². The van der Waals surface area contributed by atoms with Crippen LogP contribution in [-0.2, 0) is 9.59 Å². The molecule has 138 valence electrons. The Morgan fingerprint density at radius 3 is 2.20 bits per heavy atom. The molecule has 1 heterocycles. The maximum absolute atomic E-state index is 12.9. The topological polar surface area (TPSA) is 37.4 Å². The Balaban J connectivity index is 2.46. The van der Waals surface area contributed by atoms with Crippen LogP contribution < -0.4 is 0 Å². The summed E-state index contributed by atoms with van der Waals surface area (Å²) >= 11 is 0. The van der Waals surface area contributed by atoms with E-state index in [2.05, 4.69) is 65.8 Å². The smallest absolute Gasteiger partial charge is 0.231 e. The first-order valence-corrected chi connectivity index (χ1v) is 9.59. The number of nitrogens with zero attached hydrogens (tertiary/aromatic N) is 1. The number of fused-ring (bicyclic) bond motifs is 1. The molecule has 2 fully saturated rings. The van der Waals surface area contributed by atoms with E-state index in [0.29, 0.717) is 5.92 Å². The van der Waals surface area contributed by atoms with Crippen molar-refractivity contribution >= 4 is 19.8 Å². The second-order valence-corrected chi connectivity index (χ2v) is 9.37. The summed E-state index contributed by atoms with van der Waals surface area (Å²) in [6.45, 7) is 15.3. The molecular weight excluding hydrogens is 309 g/mol. The number of carbonyl (C=O) groups is 2. The summed E-state index contributed by atoms with van der Waals surface area (Å²) < 4.78 is 0. The number of hydrogen-bond acceptors (Lipinski definition) is 2. The van der Waals surface area contributed by atoms with Gasteiger partial charge in [0.15, 0.2) is 0 Å². The predicted octanol–water partition coefficient (Wildman–Crippen LogP) is 3.61. The normalized spacial score (nSPS) is 31.1. The average molecular weight is 343 g/mol. The molecule has 1 saturated heterocycles. The first kappa shape index (κ1) is 20.0. The van der Waals surface area contributed by atoms with Crippen molar-refractivity contribution in [1.29, 1.82) is 0 Å². The minimum absolute atomic E-state index is 0.00976. The molecule has 0 bridgehead atoms. The van der Waals surface area contributed by atoms with E-state index in [9.17, 15) is 9.59 Å². The van der Waals surface area contributed by atoms with Crippen LogP contribution in [0.3, 0.4) is 0 Å². The second-order valence-electron chi connectivity index (χ2n) is 9.37. The van der Waals surface area contributed by atoms with Gasteiger partial charge in [-0.2, -0.15) is 0 Å². The van der Waals surface area contributed by atoms with Crippen LogP contribution in [0.15, 0.2) is 24.3 Å². The van der Waals surface area contributed by atoms with Gasteiger partial charge in [0.2, 0.25) is 19.8 Å². The molecule has 4 atom stereocenters. The van der Waals surface area contributed by atoms with Gasteiger partial charge >= 0.3 is 0 Å². The Bertz CT molecular complexity index is 603. The summed E-state index contributed by atoms with van der Waals surface area (Å²) in [6.07, 6.45) is 9.63. The van der Waals surface area contributed by atoms with Crippen LogP contribution in [0.4, 0.5) is 0 Å². The molecule has 2 amide bonds. The van der Waals surface area contributed by atoms with Crippen LogP contribution in [0.1, 0.15) is 54.9 Å². The van der Waals surface area contributed by atoms with Crippen LogP contribution in [0.25, 0.3) is 0 Å². The van der Waals surface area contributed by atoms with Gasteiger partial charge in [-0.3, -0.25) is 9.59 Å². The molecule has 1 aliphatic heterocycles. The lowest BCUT2D eigenvalue weighted by atomic mass is 9.58. The molecule has 1 saturated carbocycles. The summed E-state index contributed by atoms with van der Waals surface area (Å²) in [5.74, 6) is 0.485. The Kier molecular flexibility index (Phi) is 5.42. The van der Waals surface area contributed by atoms with Crippen LogP contribution in [0.2, 0.25) is 0 Å². The van der Waals surface area contributed by atoms with Gasteiger partial charge in [0.25, 0.3) is 0 Å². The number of rotatable bonds is 5. The molecular formula is C21H34BNO2. The van der Waals surface area contributed by atoms with E-state index in [4.69, 9.17) is 0 Å². The third-order valence-electron chi connectivity index (χ3n) is 6.95. The van der Waals surface area contributed by atoms with Gasteiger partial charge in [0.05, 0.1) is 11.8 Å². The summed E-state index contributed by atoms with van der Waals surface area (Å²) in [5, 5.41) is 0. The Labute approximate surface area is 154 Å². The Morgan fingerprint density at radius 1 is 1.12 bits per heavy atom. The van der Waals surface area contributed by atoms with Gasteiger partial charge < -0.3 is 4.81 Å². The lowest BCUT2D eigenvalue weighted by Gasteiger charge is -2.46. The summed E-state index contributed by atoms with van der Waals surface area (Å²) in [5.41, 5.74) is -0.123. The van der Waals surface area contributed by atoms with Crippen LogP contribution in [-0.4, -0.2) is 24.6 Å². The molecule has 0 aromatic rings. The SMILES string of the molecule is BN1C(=O)C2C(/C=C/C(C)C)CC(C(C)(C)C(C)(C)/C=C\C)C2C1=O. The molecule has 3 nitrogen and oxygen atoms in total. The van der Waals surface area contributed by atoms with E-state index in [1.165, 1.54) is 4.81 Å². The lowest BCUT2D eigenvalue weighted by molar-refractivity contribution is -0.135. The first-order chi connectivity index (χ1) is 11.5. The fraction of sp³-hybridized carbons (Fsp3) is 0.714. The molecule has 0 N–H and O–H groups in total. The van der Waals surface area contributed by atoms with E-state index >= 15 is 0 Å². The number of allylic oxidation sites excluding steroid dienone is 4. The predicted molar refractivity (Wildman–Crippen MR) is 105 cm³/mol. The standard InChI is InChI=1S/C21H34BNO2/c1-8-11-20(4,5)21(6,7)15-12-14(10-9-13(2)3)16-17(15)19(25)23(22)18(16)24/h8-11,13-17H,12,22H2,1-7H3/b10-9+,11-8-. The van der Waals surface area contributed by atoms with Crippen LogP contribution >= 0.6 is 0 Å². The minimum Gasteiger partial charge on any atom is -0.336 e. The largest absolute Gasteiger partial charge is 0.336 e. The van der Waals surface area contributed by atoms with Crippen LogP contribution in [0, 0.1) is 40.4 Å². The number of amides is 2. The van der Waals surface area contributed by atoms with Gasteiger partial charge in [-0.25, -0.2) is 0 Å². The van der Waals surface area contributed by atoms with Crippen molar-refractivity contribution in [3.05, 3.63) is 24.3 Å². The highest BCUT2D eigenvalue weighted by atomic mass is 16.2. The third kappa shape index (κ3) is 3.25. The van der Waals surface area contributed by atoms with Crippen molar-refractivity contribution in [3.8, 4) is 0 Å². The first-order valence-electron chi connectivity index (χ1n) is 9.59. The highest BCUT2D eigenvalue weighted by Gasteiger charge is 2.61. The van der Waals surface area contributed by atoms with E-state index in [-0.39, 0.29) is 46.3 Å². The minimum atomic E-state index is -0.182. The fourth-order valence-electron chi connectivity index (χ4n) is 4.74. The number of imide groups is 1. The maximum Gasteiger partial charge on any atom is 0.231 e. The van der Waals surface area contributed by atoms with Gasteiger partial charge in [-0.1, -0.05) is 65.8 Å². The van der Waals surface area contributed by atoms with Crippen LogP contribution in [0.5, 0.6) is 0 Å². The molecule has 0 aromatic carbocycles. The van der Waals surface area contributed by atoms with Crippen molar-refractivity contribution in [1.82, 2.24) is 4.81 Å². The molecule has 0 aromatic heterocycles. The van der Waals surface area contributed by atoms with E-state index in [1.54, 1.807) is 7.98 Å².